The van der Waals surface area contributed by atoms with Crippen LogP contribution in [0.4, 0.5) is 11.6 Å². The topological polar surface area (TPSA) is 116 Å². The molecule has 0 saturated heterocycles. The summed E-state index contributed by atoms with van der Waals surface area (Å²) >= 11 is 0. The van der Waals surface area contributed by atoms with E-state index < -0.39 is 0 Å². The number of carbonyl (C=O) groups excluding carboxylic acids is 1. The van der Waals surface area contributed by atoms with E-state index in [4.69, 9.17) is 20.6 Å². The molecule has 2 heterocycles. The quantitative estimate of drug-likeness (QED) is 0.587. The molecule has 0 unspecified atom stereocenters. The highest BCUT2D eigenvalue weighted by atomic mass is 16.5. The number of anilines is 2. The fourth-order valence-electron chi connectivity index (χ4n) is 2.43. The lowest BCUT2D eigenvalue weighted by Gasteiger charge is -2.06. The van der Waals surface area contributed by atoms with Crippen LogP contribution in [-0.4, -0.2) is 17.5 Å². The van der Waals surface area contributed by atoms with Gasteiger partial charge in [0.15, 0.2) is 0 Å². The molecule has 7 nitrogen and oxygen atoms in total. The summed E-state index contributed by atoms with van der Waals surface area (Å²) in [5.74, 6) is 1.37. The number of carbonyl (C=O) groups is 1. The predicted octanol–water partition coefficient (Wildman–Crippen LogP) is 2.88. The Morgan fingerprint density at radius 2 is 2.12 bits per heavy atom. The average molecular weight is 352 g/mol. The Balaban J connectivity index is 1.67. The van der Waals surface area contributed by atoms with E-state index in [1.165, 1.54) is 6.07 Å². The molecule has 0 radical (unpaired) electrons. The minimum absolute atomic E-state index is 0.0926. The van der Waals surface area contributed by atoms with Gasteiger partial charge in [0.25, 0.3) is 5.91 Å². The minimum atomic E-state index is -0.342. The molecule has 0 aliphatic carbocycles. The van der Waals surface area contributed by atoms with Crippen LogP contribution >= 0.6 is 0 Å². The summed E-state index contributed by atoms with van der Waals surface area (Å²) in [6, 6.07) is 10.6. The lowest BCUT2D eigenvalue weighted by Crippen LogP contribution is -2.24. The van der Waals surface area contributed by atoms with Crippen LogP contribution in [0, 0.1) is 0 Å². The van der Waals surface area contributed by atoms with Crippen LogP contribution in [0.15, 0.2) is 53.0 Å². The van der Waals surface area contributed by atoms with Crippen molar-refractivity contribution < 1.29 is 13.9 Å². The molecule has 0 spiro atoms. The van der Waals surface area contributed by atoms with Crippen LogP contribution in [0.1, 0.15) is 23.0 Å². The summed E-state index contributed by atoms with van der Waals surface area (Å²) in [7, 11) is 0. The number of nitrogens with one attached hydrogen (secondary N) is 1. The van der Waals surface area contributed by atoms with E-state index in [9.17, 15) is 4.79 Å². The Labute approximate surface area is 150 Å². The van der Waals surface area contributed by atoms with E-state index in [2.05, 4.69) is 10.3 Å². The monoisotopic (exact) mass is 352 g/mol. The van der Waals surface area contributed by atoms with Crippen LogP contribution in [0.25, 0.3) is 11.0 Å². The summed E-state index contributed by atoms with van der Waals surface area (Å²) < 4.78 is 11.4. The maximum absolute atomic E-state index is 12.2. The summed E-state index contributed by atoms with van der Waals surface area (Å²) in [5, 5.41) is 3.69. The Bertz CT molecular complexity index is 963. The largest absolute Gasteiger partial charge is 0.489 e. The number of hydrogen-bond donors (Lipinski definition) is 3. The molecule has 7 heteroatoms. The molecule has 0 aliphatic heterocycles. The third kappa shape index (κ3) is 3.94. The van der Waals surface area contributed by atoms with Crippen molar-refractivity contribution in [2.45, 2.75) is 13.5 Å². The number of nitrogen functional groups attached to an aromatic ring is 2. The zero-order valence-corrected chi connectivity index (χ0v) is 14.4. The number of furan rings is 1. The van der Waals surface area contributed by atoms with Gasteiger partial charge in [-0.3, -0.25) is 4.79 Å². The van der Waals surface area contributed by atoms with Gasteiger partial charge in [0.1, 0.15) is 35.3 Å². The van der Waals surface area contributed by atoms with Gasteiger partial charge in [0.05, 0.1) is 12.1 Å². The fraction of sp³-hybridized carbons (Fsp3) is 0.158. The third-order valence-electron chi connectivity index (χ3n) is 3.74. The van der Waals surface area contributed by atoms with E-state index in [0.29, 0.717) is 18.0 Å². The number of amides is 1. The van der Waals surface area contributed by atoms with Crippen molar-refractivity contribution in [3.8, 4) is 5.75 Å². The molecule has 0 bridgehead atoms. The highest BCUT2D eigenvalue weighted by molar-refractivity contribution is 5.98. The summed E-state index contributed by atoms with van der Waals surface area (Å²) in [6.45, 7) is 2.67. The number of ether oxygens (including phenoxy) is 1. The van der Waals surface area contributed by atoms with Gasteiger partial charge in [-0.2, -0.15) is 0 Å². The van der Waals surface area contributed by atoms with Crippen molar-refractivity contribution in [2.75, 3.05) is 18.1 Å². The smallest absolute Gasteiger partial charge is 0.255 e. The standard InChI is InChI=1S/C19H20N4O3/c1-2-3-8-25-13-5-4-12-9-14(26-16(12)10-13)11-22-19(24)15-6-7-17(20)23-18(15)21/h2-7,9-10H,8,11H2,1H3,(H,22,24)(H4,20,21,23). The van der Waals surface area contributed by atoms with E-state index in [1.54, 1.807) is 6.07 Å². The molecule has 3 rings (SSSR count). The molecule has 0 fully saturated rings. The number of nitrogens with two attached hydrogens (primary N) is 2. The minimum Gasteiger partial charge on any atom is -0.489 e. The van der Waals surface area contributed by atoms with Crippen LogP contribution in [0.3, 0.4) is 0 Å². The lowest BCUT2D eigenvalue weighted by atomic mass is 10.2. The van der Waals surface area contributed by atoms with Gasteiger partial charge in [-0.05, 0) is 37.3 Å². The molecule has 26 heavy (non-hydrogen) atoms. The highest BCUT2D eigenvalue weighted by Gasteiger charge is 2.12. The van der Waals surface area contributed by atoms with Gasteiger partial charge >= 0.3 is 0 Å². The Morgan fingerprint density at radius 1 is 1.27 bits per heavy atom. The third-order valence-corrected chi connectivity index (χ3v) is 3.74. The fourth-order valence-corrected chi connectivity index (χ4v) is 2.43. The molecule has 0 saturated carbocycles. The van der Waals surface area contributed by atoms with Gasteiger partial charge in [-0.25, -0.2) is 4.98 Å². The zero-order chi connectivity index (χ0) is 18.5. The van der Waals surface area contributed by atoms with Crippen LogP contribution in [-0.2, 0) is 6.54 Å². The van der Waals surface area contributed by atoms with Crippen molar-refractivity contribution in [2.24, 2.45) is 0 Å². The molecule has 3 aromatic rings. The zero-order valence-electron chi connectivity index (χ0n) is 14.4. The van der Waals surface area contributed by atoms with Gasteiger partial charge in [-0.15, -0.1) is 0 Å². The second-order valence-corrected chi connectivity index (χ2v) is 5.64. The van der Waals surface area contributed by atoms with Crippen LogP contribution in [0.2, 0.25) is 0 Å². The van der Waals surface area contributed by atoms with Crippen molar-refractivity contribution in [1.82, 2.24) is 10.3 Å². The van der Waals surface area contributed by atoms with Crippen molar-refractivity contribution in [3.05, 3.63) is 59.9 Å². The normalized spacial score (nSPS) is 11.1. The van der Waals surface area contributed by atoms with E-state index in [-0.39, 0.29) is 29.7 Å². The molecular formula is C19H20N4O3. The van der Waals surface area contributed by atoms with Gasteiger partial charge in [-0.1, -0.05) is 12.2 Å². The van der Waals surface area contributed by atoms with Gasteiger partial charge in [0, 0.05) is 11.5 Å². The molecule has 0 aliphatic rings. The molecule has 1 aromatic carbocycles. The molecule has 134 valence electrons. The second kappa shape index (κ2) is 7.60. The van der Waals surface area contributed by atoms with E-state index >= 15 is 0 Å². The van der Waals surface area contributed by atoms with Crippen LogP contribution in [0.5, 0.6) is 5.75 Å². The second-order valence-electron chi connectivity index (χ2n) is 5.64. The number of benzene rings is 1. The molecule has 2 aromatic heterocycles. The maximum atomic E-state index is 12.2. The summed E-state index contributed by atoms with van der Waals surface area (Å²) in [4.78, 5) is 16.1. The first kappa shape index (κ1) is 17.3. The van der Waals surface area contributed by atoms with Gasteiger partial charge in [0.2, 0.25) is 0 Å². The van der Waals surface area contributed by atoms with Crippen molar-refractivity contribution in [1.29, 1.82) is 0 Å². The van der Waals surface area contributed by atoms with Crippen LogP contribution < -0.4 is 21.5 Å². The number of hydrogen-bond acceptors (Lipinski definition) is 6. The first-order chi connectivity index (χ1) is 12.6. The van der Waals surface area contributed by atoms with E-state index in [0.717, 1.165) is 11.1 Å². The van der Waals surface area contributed by atoms with Crippen molar-refractivity contribution in [3.63, 3.8) is 0 Å². The first-order valence-electron chi connectivity index (χ1n) is 8.13. The highest BCUT2D eigenvalue weighted by Crippen LogP contribution is 2.24. The Kier molecular flexibility index (Phi) is 5.07. The average Bonchev–Trinajstić information content (AvgIpc) is 3.02. The SMILES string of the molecule is CC=CCOc1ccc2cc(CNC(=O)c3ccc(N)nc3N)oc2c1. The number of rotatable bonds is 6. The molecule has 5 N–H and O–H groups in total. The summed E-state index contributed by atoms with van der Waals surface area (Å²) in [6.07, 6.45) is 3.85. The first-order valence-corrected chi connectivity index (χ1v) is 8.13. The van der Waals surface area contributed by atoms with Gasteiger partial charge < -0.3 is 25.9 Å². The summed E-state index contributed by atoms with van der Waals surface area (Å²) in [5.41, 5.74) is 12.2. The lowest BCUT2D eigenvalue weighted by molar-refractivity contribution is 0.0949. The van der Waals surface area contributed by atoms with E-state index in [1.807, 2.05) is 43.3 Å². The number of aromatic nitrogens is 1. The number of allylic oxidation sites excluding steroid dienone is 1. The molecule has 1 amide bonds. The maximum Gasteiger partial charge on any atom is 0.255 e. The predicted molar refractivity (Wildman–Crippen MR) is 101 cm³/mol. The Morgan fingerprint density at radius 3 is 2.88 bits per heavy atom. The number of nitrogens with zero attached hydrogens (tertiary/aromatic N) is 1. The molecule has 0 atom stereocenters. The molecular weight excluding hydrogens is 332 g/mol. The number of fused-ring (bicyclic) bond motifs is 1. The van der Waals surface area contributed by atoms with Crippen molar-refractivity contribution >= 4 is 28.5 Å². The Hall–Kier alpha value is -3.48. The number of pyridine rings is 1.